The second-order valence-electron chi connectivity index (χ2n) is 4.36. The van der Waals surface area contributed by atoms with E-state index < -0.39 is 0 Å². The third-order valence-electron chi connectivity index (χ3n) is 3.34. The Balaban J connectivity index is 2.10. The maximum Gasteiger partial charge on any atom is 0.177 e. The maximum atomic E-state index is 6.37. The fraction of sp³-hybridized carbons (Fsp3) is 0.455. The Bertz CT molecular complexity index is 482. The Morgan fingerprint density at radius 2 is 2.07 bits per heavy atom. The largest absolute Gasteiger partial charge is 0.343 e. The number of aromatic nitrogens is 3. The molecule has 2 aromatic heterocycles. The van der Waals surface area contributed by atoms with Crippen molar-refractivity contribution in [2.45, 2.75) is 31.2 Å². The molecule has 0 aliphatic heterocycles. The van der Waals surface area contributed by atoms with Gasteiger partial charge in [-0.25, -0.2) is 9.97 Å². The molecule has 0 unspecified atom stereocenters. The fourth-order valence-corrected chi connectivity index (χ4v) is 2.40. The summed E-state index contributed by atoms with van der Waals surface area (Å²) in [5.41, 5.74) is 9.08. The summed E-state index contributed by atoms with van der Waals surface area (Å²) in [5, 5.41) is 0. The van der Waals surface area contributed by atoms with Crippen LogP contribution in [0.1, 0.15) is 31.2 Å². The smallest absolute Gasteiger partial charge is 0.177 e. The van der Waals surface area contributed by atoms with Gasteiger partial charge in [0, 0.05) is 11.7 Å². The van der Waals surface area contributed by atoms with Crippen molar-refractivity contribution in [3.8, 4) is 0 Å². The molecule has 0 spiro atoms. The second-order valence-corrected chi connectivity index (χ2v) is 4.36. The van der Waals surface area contributed by atoms with Crippen LogP contribution in [0.25, 0.3) is 11.2 Å². The Morgan fingerprint density at radius 3 is 2.87 bits per heavy atom. The van der Waals surface area contributed by atoms with Gasteiger partial charge in [-0.1, -0.05) is 12.8 Å². The molecule has 1 saturated carbocycles. The Morgan fingerprint density at radius 1 is 1.27 bits per heavy atom. The van der Waals surface area contributed by atoms with E-state index in [0.717, 1.165) is 29.6 Å². The van der Waals surface area contributed by atoms with E-state index in [1.165, 1.54) is 12.8 Å². The maximum absolute atomic E-state index is 6.37. The quantitative estimate of drug-likeness (QED) is 0.739. The highest BCUT2D eigenvalue weighted by atomic mass is 14.9. The lowest BCUT2D eigenvalue weighted by Crippen LogP contribution is -2.33. The van der Waals surface area contributed by atoms with E-state index in [1.807, 2.05) is 6.20 Å². The first kappa shape index (κ1) is 8.85. The molecule has 0 bridgehead atoms. The minimum absolute atomic E-state index is 0.160. The number of hydrogen-bond acceptors (Lipinski definition) is 3. The fourth-order valence-electron chi connectivity index (χ4n) is 2.40. The standard InChI is InChI=1S/C11H14N4/c12-11(3-1-2-4-11)8-5-9-10(13-6-8)15-7-14-9/h5-7H,1-4,12H2,(H,13,14,15). The van der Waals surface area contributed by atoms with Gasteiger partial charge in [-0.2, -0.15) is 0 Å². The molecule has 2 aromatic rings. The number of nitrogens with one attached hydrogen (secondary N) is 1. The predicted octanol–water partition coefficient (Wildman–Crippen LogP) is 1.69. The second kappa shape index (κ2) is 3.03. The summed E-state index contributed by atoms with van der Waals surface area (Å²) in [5.74, 6) is 0. The average molecular weight is 202 g/mol. The van der Waals surface area contributed by atoms with Gasteiger partial charge in [0.25, 0.3) is 0 Å². The van der Waals surface area contributed by atoms with Gasteiger partial charge in [0.05, 0.1) is 11.8 Å². The van der Waals surface area contributed by atoms with Crippen LogP contribution in [-0.4, -0.2) is 15.0 Å². The minimum Gasteiger partial charge on any atom is -0.343 e. The van der Waals surface area contributed by atoms with Gasteiger partial charge in [0.2, 0.25) is 0 Å². The summed E-state index contributed by atoms with van der Waals surface area (Å²) in [6.45, 7) is 0. The molecule has 15 heavy (non-hydrogen) atoms. The van der Waals surface area contributed by atoms with E-state index in [-0.39, 0.29) is 5.54 Å². The van der Waals surface area contributed by atoms with Crippen LogP contribution >= 0.6 is 0 Å². The van der Waals surface area contributed by atoms with Crippen LogP contribution in [0, 0.1) is 0 Å². The van der Waals surface area contributed by atoms with Crippen molar-refractivity contribution < 1.29 is 0 Å². The highest BCUT2D eigenvalue weighted by molar-refractivity contribution is 5.70. The van der Waals surface area contributed by atoms with Crippen LogP contribution in [0.3, 0.4) is 0 Å². The van der Waals surface area contributed by atoms with Gasteiger partial charge in [-0.15, -0.1) is 0 Å². The van der Waals surface area contributed by atoms with Gasteiger partial charge >= 0.3 is 0 Å². The van der Waals surface area contributed by atoms with Gasteiger partial charge in [-0.05, 0) is 24.5 Å². The van der Waals surface area contributed by atoms with Crippen molar-refractivity contribution in [3.05, 3.63) is 24.2 Å². The zero-order chi connectivity index (χ0) is 10.3. The highest BCUT2D eigenvalue weighted by Crippen LogP contribution is 2.36. The molecular formula is C11H14N4. The Labute approximate surface area is 87.9 Å². The summed E-state index contributed by atoms with van der Waals surface area (Å²) >= 11 is 0. The van der Waals surface area contributed by atoms with Crippen LogP contribution < -0.4 is 5.73 Å². The van der Waals surface area contributed by atoms with Crippen molar-refractivity contribution >= 4 is 11.2 Å². The number of nitrogens with zero attached hydrogens (tertiary/aromatic N) is 2. The molecule has 4 heteroatoms. The molecule has 0 amide bonds. The summed E-state index contributed by atoms with van der Waals surface area (Å²) < 4.78 is 0. The van der Waals surface area contributed by atoms with E-state index >= 15 is 0 Å². The molecule has 78 valence electrons. The number of fused-ring (bicyclic) bond motifs is 1. The normalized spacial score (nSPS) is 19.8. The van der Waals surface area contributed by atoms with Crippen LogP contribution in [-0.2, 0) is 5.54 Å². The number of rotatable bonds is 1. The molecule has 0 atom stereocenters. The summed E-state index contributed by atoms with van der Waals surface area (Å²) in [4.78, 5) is 11.5. The van der Waals surface area contributed by atoms with Crippen LogP contribution in [0.2, 0.25) is 0 Å². The van der Waals surface area contributed by atoms with Crippen molar-refractivity contribution in [2.75, 3.05) is 0 Å². The van der Waals surface area contributed by atoms with E-state index in [2.05, 4.69) is 21.0 Å². The molecule has 0 saturated heterocycles. The lowest BCUT2D eigenvalue weighted by Gasteiger charge is -2.23. The summed E-state index contributed by atoms with van der Waals surface area (Å²) in [6.07, 6.45) is 8.10. The molecular weight excluding hydrogens is 188 g/mol. The number of nitrogens with two attached hydrogens (primary N) is 1. The Kier molecular flexibility index (Phi) is 1.79. The van der Waals surface area contributed by atoms with Gasteiger partial charge in [-0.3, -0.25) is 0 Å². The lowest BCUT2D eigenvalue weighted by molar-refractivity contribution is 0.461. The zero-order valence-electron chi connectivity index (χ0n) is 8.53. The SMILES string of the molecule is NC1(c2cnc3nc[nH]c3c2)CCCC1. The number of imidazole rings is 1. The molecule has 2 heterocycles. The zero-order valence-corrected chi connectivity index (χ0v) is 8.53. The molecule has 3 N–H and O–H groups in total. The summed E-state index contributed by atoms with van der Waals surface area (Å²) in [6, 6.07) is 2.08. The topological polar surface area (TPSA) is 67.6 Å². The molecule has 0 radical (unpaired) electrons. The van der Waals surface area contributed by atoms with Crippen LogP contribution in [0.5, 0.6) is 0 Å². The van der Waals surface area contributed by atoms with E-state index in [0.29, 0.717) is 0 Å². The third kappa shape index (κ3) is 1.33. The van der Waals surface area contributed by atoms with Gasteiger partial charge in [0.1, 0.15) is 0 Å². The lowest BCUT2D eigenvalue weighted by atomic mass is 9.91. The monoisotopic (exact) mass is 202 g/mol. The first-order valence-electron chi connectivity index (χ1n) is 5.36. The molecule has 0 aromatic carbocycles. The van der Waals surface area contributed by atoms with Crippen LogP contribution in [0.15, 0.2) is 18.6 Å². The van der Waals surface area contributed by atoms with Crippen molar-refractivity contribution in [1.82, 2.24) is 15.0 Å². The van der Waals surface area contributed by atoms with Crippen molar-refractivity contribution in [1.29, 1.82) is 0 Å². The van der Waals surface area contributed by atoms with E-state index in [1.54, 1.807) is 6.33 Å². The number of aromatic amines is 1. The Hall–Kier alpha value is -1.42. The first-order chi connectivity index (χ1) is 7.28. The predicted molar refractivity (Wildman–Crippen MR) is 58.2 cm³/mol. The van der Waals surface area contributed by atoms with Gasteiger partial charge in [0.15, 0.2) is 5.65 Å². The van der Waals surface area contributed by atoms with Crippen molar-refractivity contribution in [3.63, 3.8) is 0 Å². The first-order valence-corrected chi connectivity index (χ1v) is 5.36. The van der Waals surface area contributed by atoms with Crippen molar-refractivity contribution in [2.24, 2.45) is 5.73 Å². The molecule has 1 aliphatic rings. The van der Waals surface area contributed by atoms with Crippen LogP contribution in [0.4, 0.5) is 0 Å². The van der Waals surface area contributed by atoms with E-state index in [4.69, 9.17) is 5.73 Å². The minimum atomic E-state index is -0.160. The summed E-state index contributed by atoms with van der Waals surface area (Å²) in [7, 11) is 0. The molecule has 4 nitrogen and oxygen atoms in total. The molecule has 3 rings (SSSR count). The number of hydrogen-bond donors (Lipinski definition) is 2. The van der Waals surface area contributed by atoms with E-state index in [9.17, 15) is 0 Å². The molecule has 1 aliphatic carbocycles. The third-order valence-corrected chi connectivity index (χ3v) is 3.34. The number of pyridine rings is 1. The van der Waals surface area contributed by atoms with Gasteiger partial charge < -0.3 is 10.7 Å². The number of H-pyrrole nitrogens is 1. The molecule has 1 fully saturated rings. The highest BCUT2D eigenvalue weighted by Gasteiger charge is 2.31. The average Bonchev–Trinajstić information content (AvgIpc) is 2.85.